The number of alkyl halides is 1. The molecule has 0 aromatic heterocycles. The lowest BCUT2D eigenvalue weighted by molar-refractivity contribution is 0.0305. The molecule has 0 saturated carbocycles. The van der Waals surface area contributed by atoms with Crippen LogP contribution in [0.3, 0.4) is 0 Å². The Hall–Kier alpha value is 0.765. The zero-order valence-corrected chi connectivity index (χ0v) is 31.3. The van der Waals surface area contributed by atoms with Gasteiger partial charge in [-0.05, 0) is 25.2 Å². The third kappa shape index (κ3) is 6.81. The minimum atomic E-state index is -4.04. The maximum atomic E-state index is 10.4. The molecule has 0 spiro atoms. The number of rotatable bonds is 5. The van der Waals surface area contributed by atoms with E-state index in [2.05, 4.69) is 0 Å². The van der Waals surface area contributed by atoms with Crippen molar-refractivity contribution < 1.29 is 50.4 Å². The Bertz CT molecular complexity index is 1010. The Labute approximate surface area is 232 Å². The topological polar surface area (TPSA) is 122 Å². The Kier molecular flexibility index (Phi) is 8.50. The van der Waals surface area contributed by atoms with Crippen LogP contribution in [0.5, 0.6) is 0 Å². The van der Waals surface area contributed by atoms with E-state index in [1.165, 1.54) is 7.11 Å². The average molecular weight is 680 g/mol. The van der Waals surface area contributed by atoms with E-state index in [0.29, 0.717) is 11.1 Å². The third-order valence-corrected chi connectivity index (χ3v) is 37.1. The van der Waals surface area contributed by atoms with E-state index in [9.17, 15) is 4.80 Å². The minimum absolute atomic E-state index is 0.332. The highest BCUT2D eigenvalue weighted by molar-refractivity contribution is 7.01. The van der Waals surface area contributed by atoms with E-state index in [-0.39, 0.29) is 0 Å². The maximum Gasteiger partial charge on any atom is 0.515 e. The second-order valence-electron chi connectivity index (χ2n) is 9.94. The zero-order valence-electron chi connectivity index (χ0n) is 22.4. The molecule has 210 valence electrons. The molecule has 3 heterocycles. The molecular formula is C16H35ClO12Si8. The Balaban J connectivity index is 1.98. The van der Waals surface area contributed by atoms with Crippen molar-refractivity contribution in [3.63, 3.8) is 0 Å². The molecule has 3 saturated heterocycles. The van der Waals surface area contributed by atoms with Crippen LogP contribution >= 0.6 is 11.6 Å². The highest BCUT2D eigenvalue weighted by Crippen LogP contribution is 2.42. The van der Waals surface area contributed by atoms with E-state index in [0.717, 1.165) is 5.56 Å². The fraction of sp³-hybridized carbons (Fsp3) is 0.625. The summed E-state index contributed by atoms with van der Waals surface area (Å²) < 4.78 is 71.7. The molecule has 21 heteroatoms. The van der Waals surface area contributed by atoms with Crippen LogP contribution < -0.4 is 5.19 Å². The molecule has 0 aliphatic carbocycles. The first-order chi connectivity index (χ1) is 16.9. The van der Waals surface area contributed by atoms with Crippen molar-refractivity contribution in [2.75, 3.05) is 7.11 Å². The molecule has 1 N–H and O–H groups in total. The molecule has 12 nitrogen and oxygen atoms in total. The largest absolute Gasteiger partial charge is 0.515 e. The van der Waals surface area contributed by atoms with Crippen molar-refractivity contribution in [3.05, 3.63) is 29.8 Å². The van der Waals surface area contributed by atoms with E-state index in [4.69, 9.17) is 57.2 Å². The Morgan fingerprint density at radius 3 is 1.70 bits per heavy atom. The van der Waals surface area contributed by atoms with Crippen LogP contribution in [0.2, 0.25) is 52.4 Å². The third-order valence-electron chi connectivity index (χ3n) is 5.52. The summed E-state index contributed by atoms with van der Waals surface area (Å²) in [5, 5.41) is 0.592. The van der Waals surface area contributed by atoms with Crippen LogP contribution in [0, 0.1) is 0 Å². The van der Waals surface area contributed by atoms with Crippen LogP contribution in [0.4, 0.5) is 0 Å². The van der Waals surface area contributed by atoms with Crippen molar-refractivity contribution in [3.8, 4) is 0 Å². The van der Waals surface area contributed by atoms with Gasteiger partial charge in [-0.2, -0.15) is 0 Å². The summed E-state index contributed by atoms with van der Waals surface area (Å²) in [7, 11) is -26.2. The number of hydrogen-bond acceptors (Lipinski definition) is 12. The van der Waals surface area contributed by atoms with Crippen molar-refractivity contribution >= 4 is 87.5 Å². The summed E-state index contributed by atoms with van der Waals surface area (Å²) in [6.07, 6.45) is 0. The van der Waals surface area contributed by atoms with Gasteiger partial charge < -0.3 is 50.4 Å². The molecule has 0 radical (unpaired) electrons. The fourth-order valence-electron chi connectivity index (χ4n) is 4.70. The minimum Gasteiger partial charge on any atom is -0.413 e. The number of hydrogen-bond donors (Lipinski definition) is 1. The van der Waals surface area contributed by atoms with Gasteiger partial charge in [-0.15, -0.1) is 11.6 Å². The fourth-order valence-corrected chi connectivity index (χ4v) is 43.2. The highest BCUT2D eigenvalue weighted by Gasteiger charge is 2.73. The number of benzene rings is 1. The van der Waals surface area contributed by atoms with E-state index < -0.39 is 70.7 Å². The van der Waals surface area contributed by atoms with Gasteiger partial charge in [0.2, 0.25) is 0 Å². The molecule has 3 aliphatic rings. The number of fused-ring (bicyclic) bond motifs is 3. The molecule has 7 atom stereocenters. The molecule has 7 unspecified atom stereocenters. The van der Waals surface area contributed by atoms with Crippen LogP contribution in [0.15, 0.2) is 24.3 Å². The summed E-state index contributed by atoms with van der Waals surface area (Å²) in [6.45, 7) is 14.0. The summed E-state index contributed by atoms with van der Waals surface area (Å²) in [4.78, 5) is 10.4. The quantitative estimate of drug-likeness (QED) is 0.361. The normalized spacial score (nSPS) is 44.7. The van der Waals surface area contributed by atoms with Crippen molar-refractivity contribution in [1.82, 2.24) is 0 Å². The Morgan fingerprint density at radius 2 is 1.22 bits per heavy atom. The molecule has 3 fully saturated rings. The molecule has 0 amide bonds. The van der Waals surface area contributed by atoms with Gasteiger partial charge in [0.1, 0.15) is 0 Å². The van der Waals surface area contributed by atoms with Gasteiger partial charge in [-0.3, -0.25) is 0 Å². The molecule has 1 aromatic carbocycles. The van der Waals surface area contributed by atoms with Crippen molar-refractivity contribution in [2.45, 2.75) is 58.3 Å². The van der Waals surface area contributed by atoms with E-state index >= 15 is 0 Å². The second-order valence-corrected chi connectivity index (χ2v) is 33.2. The number of halogens is 1. The van der Waals surface area contributed by atoms with Gasteiger partial charge in [0, 0.05) is 50.9 Å². The summed E-state index contributed by atoms with van der Waals surface area (Å²) >= 11 is 6.04. The van der Waals surface area contributed by atoms with Gasteiger partial charge in [0.05, 0.1) is 0 Å². The molecular weight excluding hydrogens is 644 g/mol. The van der Waals surface area contributed by atoms with Gasteiger partial charge in [-0.1, -0.05) is 24.3 Å². The molecule has 4 bridgehead atoms. The van der Waals surface area contributed by atoms with Gasteiger partial charge in [0.25, 0.3) is 0 Å². The predicted octanol–water partition coefficient (Wildman–Crippen LogP) is 1.81. The first kappa shape index (κ1) is 30.7. The predicted molar refractivity (Wildman–Crippen MR) is 150 cm³/mol. The summed E-state index contributed by atoms with van der Waals surface area (Å²) in [5.41, 5.74) is 0.898. The van der Waals surface area contributed by atoms with Crippen molar-refractivity contribution in [2.24, 2.45) is 0 Å². The monoisotopic (exact) mass is 678 g/mol. The summed E-state index contributed by atoms with van der Waals surface area (Å²) in [6, 6.07) is 7.36. The van der Waals surface area contributed by atoms with Crippen LogP contribution in [-0.4, -0.2) is 82.6 Å². The van der Waals surface area contributed by atoms with Gasteiger partial charge >= 0.3 is 70.7 Å². The first-order valence-electron chi connectivity index (χ1n) is 11.8. The lowest BCUT2D eigenvalue weighted by Crippen LogP contribution is -2.82. The maximum absolute atomic E-state index is 10.4. The second kappa shape index (κ2) is 10.2. The molecule has 4 rings (SSSR count). The van der Waals surface area contributed by atoms with Gasteiger partial charge in [0.15, 0.2) is 0 Å². The smallest absolute Gasteiger partial charge is 0.413 e. The van der Waals surface area contributed by atoms with E-state index in [1.54, 1.807) is 39.3 Å². The lowest BCUT2D eigenvalue weighted by Gasteiger charge is -2.55. The van der Waals surface area contributed by atoms with E-state index in [1.807, 2.05) is 37.4 Å². The lowest BCUT2D eigenvalue weighted by atomic mass is 10.2. The zero-order chi connectivity index (χ0) is 27.5. The first-order valence-corrected chi connectivity index (χ1v) is 30.1. The van der Waals surface area contributed by atoms with Gasteiger partial charge in [-0.25, -0.2) is 0 Å². The van der Waals surface area contributed by atoms with Crippen LogP contribution in [0.25, 0.3) is 0 Å². The SMILES string of the molecule is CO[Si]1(C)O[Si]2(C)O[Si](C)(C)O[Si]3(C)O[Si](C)(O[SiH](C)O)O[Si](c4ccc(CCl)cc4)(O1)O[Si](C)(O2)O3. The standard InChI is InChI=1S/C16H35ClO12Si8/c1-19-32(5)23-34(7)21-31(3,4)22-35(8)24-33(6,20-30(2)18)28-37(27-32,29-36(9,25-34)26-35)16-12-10-15(14-17)11-13-16/h10-13,18,30H,14H2,1-9H3. The molecule has 1 aromatic rings. The van der Waals surface area contributed by atoms with Crippen LogP contribution in [0.1, 0.15) is 5.56 Å². The Morgan fingerprint density at radius 1 is 0.730 bits per heavy atom. The molecule has 3 aliphatic heterocycles. The highest BCUT2D eigenvalue weighted by atomic mass is 35.5. The van der Waals surface area contributed by atoms with Crippen LogP contribution in [-0.2, 0) is 51.5 Å². The molecule has 37 heavy (non-hydrogen) atoms. The summed E-state index contributed by atoms with van der Waals surface area (Å²) in [5.74, 6) is 0.332. The average Bonchev–Trinajstić information content (AvgIpc) is 2.67. The van der Waals surface area contributed by atoms with Crippen molar-refractivity contribution in [1.29, 1.82) is 0 Å².